The number of hydrogen-bond acceptors (Lipinski definition) is 5. The van der Waals surface area contributed by atoms with E-state index in [2.05, 4.69) is 16.0 Å². The Morgan fingerprint density at radius 3 is 2.44 bits per heavy atom. The highest BCUT2D eigenvalue weighted by Crippen LogP contribution is 2.28. The highest BCUT2D eigenvalue weighted by molar-refractivity contribution is 6.03. The van der Waals surface area contributed by atoms with Gasteiger partial charge in [-0.25, -0.2) is 9.59 Å². The number of carbonyl (C=O) groups excluding carboxylic acids is 2. The Hall–Kier alpha value is -3.49. The fourth-order valence-corrected chi connectivity index (χ4v) is 2.30. The summed E-state index contributed by atoms with van der Waals surface area (Å²) in [5.74, 6) is -1.40. The van der Waals surface area contributed by atoms with Crippen molar-refractivity contribution < 1.29 is 28.6 Å². The molecule has 0 aliphatic carbocycles. The van der Waals surface area contributed by atoms with Gasteiger partial charge in [0.25, 0.3) is 5.91 Å². The molecule has 3 amide bonds. The molecule has 1 atom stereocenters. The van der Waals surface area contributed by atoms with Gasteiger partial charge in [0.05, 0.1) is 19.1 Å². The summed E-state index contributed by atoms with van der Waals surface area (Å²) in [5.41, 5.74) is 0.659. The molecule has 0 aliphatic rings. The first-order valence-electron chi connectivity index (χ1n) is 8.15. The normalized spacial score (nSPS) is 11.6. The van der Waals surface area contributed by atoms with E-state index in [-0.39, 0.29) is 17.4 Å². The summed E-state index contributed by atoms with van der Waals surface area (Å²) >= 11 is 0. The number of carbonyl (C=O) groups is 3. The minimum Gasteiger partial charge on any atom is -0.495 e. The van der Waals surface area contributed by atoms with Gasteiger partial charge >= 0.3 is 12.0 Å². The molecule has 0 saturated carbocycles. The maximum absolute atomic E-state index is 12.2. The lowest BCUT2D eigenvalue weighted by Gasteiger charge is -2.19. The summed E-state index contributed by atoms with van der Waals surface area (Å²) in [6.45, 7) is 3.37. The van der Waals surface area contributed by atoms with Gasteiger partial charge in [0.2, 0.25) is 0 Å². The van der Waals surface area contributed by atoms with Crippen LogP contribution in [-0.4, -0.2) is 36.2 Å². The molecule has 2 rings (SSSR count). The van der Waals surface area contributed by atoms with E-state index in [0.717, 1.165) is 0 Å². The fraction of sp³-hybridized carbons (Fsp3) is 0.278. The second-order valence-corrected chi connectivity index (χ2v) is 6.00. The summed E-state index contributed by atoms with van der Waals surface area (Å²) in [6, 6.07) is 6.00. The number of methoxy groups -OCH3 is 1. The molecule has 4 N–H and O–H groups in total. The first-order chi connectivity index (χ1) is 12.8. The Balaban J connectivity index is 2.13. The third kappa shape index (κ3) is 5.24. The Bertz CT molecular complexity index is 817. The number of anilines is 2. The van der Waals surface area contributed by atoms with Crippen molar-refractivity contribution in [1.82, 2.24) is 5.32 Å². The van der Waals surface area contributed by atoms with Crippen LogP contribution in [0, 0.1) is 5.92 Å². The molecular weight excluding hydrogens is 354 g/mol. The van der Waals surface area contributed by atoms with Crippen molar-refractivity contribution in [1.29, 1.82) is 0 Å². The van der Waals surface area contributed by atoms with Crippen LogP contribution in [0.3, 0.4) is 0 Å². The van der Waals surface area contributed by atoms with Crippen LogP contribution in [-0.2, 0) is 4.79 Å². The van der Waals surface area contributed by atoms with Crippen molar-refractivity contribution >= 4 is 29.3 Å². The van der Waals surface area contributed by atoms with Gasteiger partial charge in [0, 0.05) is 5.69 Å². The number of furan rings is 1. The Morgan fingerprint density at radius 1 is 1.15 bits per heavy atom. The number of aliphatic carboxylic acids is 1. The van der Waals surface area contributed by atoms with E-state index in [1.807, 2.05) is 0 Å². The average molecular weight is 375 g/mol. The van der Waals surface area contributed by atoms with Crippen LogP contribution in [0.25, 0.3) is 0 Å². The zero-order chi connectivity index (χ0) is 20.0. The summed E-state index contributed by atoms with van der Waals surface area (Å²) in [6.07, 6.45) is 1.38. The number of benzene rings is 1. The third-order valence-corrected chi connectivity index (χ3v) is 3.67. The lowest BCUT2D eigenvalue weighted by Crippen LogP contribution is -2.46. The molecule has 0 radical (unpaired) electrons. The van der Waals surface area contributed by atoms with E-state index in [4.69, 9.17) is 14.3 Å². The van der Waals surface area contributed by atoms with Crippen LogP contribution in [0.5, 0.6) is 5.75 Å². The number of carboxylic acids is 1. The van der Waals surface area contributed by atoms with Crippen molar-refractivity contribution in [2.75, 3.05) is 17.7 Å². The zero-order valence-corrected chi connectivity index (χ0v) is 15.1. The molecule has 1 heterocycles. The molecule has 2 aromatic rings. The van der Waals surface area contributed by atoms with Crippen LogP contribution < -0.4 is 20.7 Å². The summed E-state index contributed by atoms with van der Waals surface area (Å²) in [7, 11) is 1.42. The van der Waals surface area contributed by atoms with Gasteiger partial charge in [-0.1, -0.05) is 13.8 Å². The van der Waals surface area contributed by atoms with Crippen molar-refractivity contribution in [2.45, 2.75) is 19.9 Å². The number of ether oxygens (including phenoxy) is 1. The van der Waals surface area contributed by atoms with Crippen LogP contribution in [0.2, 0.25) is 0 Å². The number of rotatable bonds is 7. The van der Waals surface area contributed by atoms with Gasteiger partial charge in [-0.05, 0) is 36.2 Å². The molecule has 0 bridgehead atoms. The fourth-order valence-electron chi connectivity index (χ4n) is 2.30. The Labute approximate surface area is 155 Å². The summed E-state index contributed by atoms with van der Waals surface area (Å²) in [5, 5.41) is 16.7. The van der Waals surface area contributed by atoms with Gasteiger partial charge < -0.3 is 30.2 Å². The minimum atomic E-state index is -1.13. The van der Waals surface area contributed by atoms with Gasteiger partial charge in [-0.2, -0.15) is 0 Å². The number of carboxylic acid groups (broad SMARTS) is 1. The largest absolute Gasteiger partial charge is 0.495 e. The maximum Gasteiger partial charge on any atom is 0.326 e. The Kier molecular flexibility index (Phi) is 6.42. The highest BCUT2D eigenvalue weighted by atomic mass is 16.5. The van der Waals surface area contributed by atoms with Gasteiger partial charge in [0.1, 0.15) is 11.8 Å². The molecular formula is C18H21N3O6. The number of hydrogen-bond donors (Lipinski definition) is 4. The number of amides is 3. The lowest BCUT2D eigenvalue weighted by atomic mass is 10.1. The average Bonchev–Trinajstić information content (AvgIpc) is 3.14. The second kappa shape index (κ2) is 8.75. The van der Waals surface area contributed by atoms with E-state index in [1.165, 1.54) is 25.5 Å². The third-order valence-electron chi connectivity index (χ3n) is 3.67. The van der Waals surface area contributed by atoms with E-state index in [9.17, 15) is 14.4 Å². The highest BCUT2D eigenvalue weighted by Gasteiger charge is 2.24. The molecule has 144 valence electrons. The van der Waals surface area contributed by atoms with Gasteiger partial charge in [-0.15, -0.1) is 0 Å². The topological polar surface area (TPSA) is 130 Å². The van der Waals surface area contributed by atoms with Crippen molar-refractivity contribution in [2.24, 2.45) is 5.92 Å². The molecule has 0 saturated heterocycles. The summed E-state index contributed by atoms with van der Waals surface area (Å²) < 4.78 is 10.2. The van der Waals surface area contributed by atoms with Gasteiger partial charge in [0.15, 0.2) is 5.76 Å². The molecule has 0 fully saturated rings. The maximum atomic E-state index is 12.2. The van der Waals surface area contributed by atoms with Crippen molar-refractivity contribution in [3.63, 3.8) is 0 Å². The second-order valence-electron chi connectivity index (χ2n) is 6.00. The molecule has 27 heavy (non-hydrogen) atoms. The summed E-state index contributed by atoms with van der Waals surface area (Å²) in [4.78, 5) is 35.5. The van der Waals surface area contributed by atoms with Crippen LogP contribution in [0.15, 0.2) is 41.0 Å². The lowest BCUT2D eigenvalue weighted by molar-refractivity contribution is -0.140. The number of urea groups is 1. The van der Waals surface area contributed by atoms with Crippen LogP contribution in [0.1, 0.15) is 24.4 Å². The zero-order valence-electron chi connectivity index (χ0n) is 15.1. The first kappa shape index (κ1) is 19.8. The quantitative estimate of drug-likeness (QED) is 0.589. The smallest absolute Gasteiger partial charge is 0.326 e. The van der Waals surface area contributed by atoms with Crippen LogP contribution in [0.4, 0.5) is 16.2 Å². The van der Waals surface area contributed by atoms with E-state index < -0.39 is 23.9 Å². The molecule has 1 unspecified atom stereocenters. The SMILES string of the molecule is COc1ccc(NC(=O)c2ccco2)cc1NC(=O)NC(C(=O)O)C(C)C. The van der Waals surface area contributed by atoms with Crippen molar-refractivity contribution in [3.8, 4) is 5.75 Å². The standard InChI is InChI=1S/C18H21N3O6/c1-10(2)15(17(23)24)21-18(25)20-12-9-11(6-7-13(12)26-3)19-16(22)14-5-4-8-27-14/h4-10,15H,1-3H3,(H,19,22)(H,23,24)(H2,20,21,25). The number of nitrogens with one attached hydrogen (secondary N) is 3. The molecule has 0 spiro atoms. The molecule has 9 nitrogen and oxygen atoms in total. The van der Waals surface area contributed by atoms with Crippen molar-refractivity contribution in [3.05, 3.63) is 42.4 Å². The first-order valence-corrected chi connectivity index (χ1v) is 8.15. The van der Waals surface area contributed by atoms with Gasteiger partial charge in [-0.3, -0.25) is 4.79 Å². The Morgan fingerprint density at radius 2 is 1.89 bits per heavy atom. The molecule has 9 heteroatoms. The monoisotopic (exact) mass is 375 g/mol. The van der Waals surface area contributed by atoms with Crippen LogP contribution >= 0.6 is 0 Å². The minimum absolute atomic E-state index is 0.138. The molecule has 0 aliphatic heterocycles. The van der Waals surface area contributed by atoms with E-state index in [0.29, 0.717) is 11.4 Å². The van der Waals surface area contributed by atoms with E-state index >= 15 is 0 Å². The predicted molar refractivity (Wildman–Crippen MR) is 98.1 cm³/mol. The predicted octanol–water partition coefficient (Wildman–Crippen LogP) is 2.77. The molecule has 1 aromatic heterocycles. The molecule has 1 aromatic carbocycles. The van der Waals surface area contributed by atoms with E-state index in [1.54, 1.807) is 32.0 Å².